The van der Waals surface area contributed by atoms with Gasteiger partial charge in [0.05, 0.1) is 24.4 Å². The summed E-state index contributed by atoms with van der Waals surface area (Å²) in [5.41, 5.74) is 0.704. The number of hydrogen-bond acceptors (Lipinski definition) is 3. The highest BCUT2D eigenvalue weighted by atomic mass is 19.4. The number of carbonyl (C=O) groups excluding carboxylic acids is 1. The molecular formula is C20H15F4N3O2. The molecule has 0 saturated carbocycles. The van der Waals surface area contributed by atoms with Crippen LogP contribution in [0.1, 0.15) is 29.3 Å². The maximum absolute atomic E-state index is 14.6. The predicted molar refractivity (Wildman–Crippen MR) is 96.5 cm³/mol. The van der Waals surface area contributed by atoms with Crippen LogP contribution in [0, 0.1) is 5.82 Å². The van der Waals surface area contributed by atoms with Crippen molar-refractivity contribution in [2.75, 3.05) is 18.5 Å². The van der Waals surface area contributed by atoms with E-state index in [9.17, 15) is 22.4 Å². The number of amides is 1. The summed E-state index contributed by atoms with van der Waals surface area (Å²) in [4.78, 5) is 15.5. The number of aromatic nitrogens is 2. The van der Waals surface area contributed by atoms with E-state index in [1.165, 1.54) is 12.1 Å². The number of pyridine rings is 1. The Bertz CT molecular complexity index is 1150. The van der Waals surface area contributed by atoms with Crippen LogP contribution in [0.3, 0.4) is 0 Å². The zero-order chi connectivity index (χ0) is 20.3. The van der Waals surface area contributed by atoms with Crippen molar-refractivity contribution in [1.82, 2.24) is 9.55 Å². The van der Waals surface area contributed by atoms with Crippen LogP contribution in [0.2, 0.25) is 0 Å². The third-order valence-electron chi connectivity index (χ3n) is 5.35. The summed E-state index contributed by atoms with van der Waals surface area (Å²) in [5.74, 6) is -1.00. The second kappa shape index (κ2) is 6.28. The molecule has 5 rings (SSSR count). The van der Waals surface area contributed by atoms with Crippen LogP contribution in [-0.4, -0.2) is 28.7 Å². The largest absolute Gasteiger partial charge is 0.433 e. The molecule has 0 spiro atoms. The summed E-state index contributed by atoms with van der Waals surface area (Å²) in [6.07, 6.45) is -3.88. The standard InChI is InChI=1S/C20H15F4N3O2/c21-14-8-13(5-12-7-17(28)26-18(12)14)27-15(11-3-4-29-9-11)6-10-1-2-16(20(22,23)24)25-19(10)27/h1-2,5-6,8,11H,3-4,7,9H2,(H,26,28)/t11-/m0/s1. The number of nitrogens with one attached hydrogen (secondary N) is 1. The van der Waals surface area contributed by atoms with E-state index in [2.05, 4.69) is 10.3 Å². The van der Waals surface area contributed by atoms with Gasteiger partial charge >= 0.3 is 6.18 Å². The molecule has 1 amide bonds. The van der Waals surface area contributed by atoms with Crippen LogP contribution in [0.25, 0.3) is 16.7 Å². The summed E-state index contributed by atoms with van der Waals surface area (Å²) in [6, 6.07) is 6.92. The van der Waals surface area contributed by atoms with Gasteiger partial charge in [-0.05, 0) is 36.2 Å². The lowest BCUT2D eigenvalue weighted by atomic mass is 10.0. The molecule has 0 radical (unpaired) electrons. The third kappa shape index (κ3) is 2.96. The number of anilines is 1. The van der Waals surface area contributed by atoms with E-state index in [1.807, 2.05) is 0 Å². The van der Waals surface area contributed by atoms with Crippen LogP contribution < -0.4 is 5.32 Å². The molecule has 4 heterocycles. The summed E-state index contributed by atoms with van der Waals surface area (Å²) >= 11 is 0. The molecule has 5 nitrogen and oxygen atoms in total. The van der Waals surface area contributed by atoms with Gasteiger partial charge in [-0.25, -0.2) is 9.37 Å². The van der Waals surface area contributed by atoms with E-state index < -0.39 is 17.7 Å². The van der Waals surface area contributed by atoms with Crippen molar-refractivity contribution in [2.24, 2.45) is 0 Å². The highest BCUT2D eigenvalue weighted by molar-refractivity contribution is 5.99. The Morgan fingerprint density at radius 3 is 2.76 bits per heavy atom. The lowest BCUT2D eigenvalue weighted by Gasteiger charge is -2.16. The summed E-state index contributed by atoms with van der Waals surface area (Å²) in [7, 11) is 0. The fourth-order valence-corrected chi connectivity index (χ4v) is 4.01. The number of ether oxygens (including phenoxy) is 1. The fraction of sp³-hybridized carbons (Fsp3) is 0.300. The quantitative estimate of drug-likeness (QED) is 0.651. The molecule has 1 aromatic carbocycles. The Labute approximate surface area is 162 Å². The molecule has 2 aromatic heterocycles. The topological polar surface area (TPSA) is 56.2 Å². The van der Waals surface area contributed by atoms with Crippen molar-refractivity contribution in [2.45, 2.75) is 24.9 Å². The molecule has 0 aliphatic carbocycles. The van der Waals surface area contributed by atoms with Gasteiger partial charge in [-0.3, -0.25) is 9.36 Å². The van der Waals surface area contributed by atoms with Crippen LogP contribution in [-0.2, 0) is 22.1 Å². The van der Waals surface area contributed by atoms with Crippen LogP contribution in [0.5, 0.6) is 0 Å². The lowest BCUT2D eigenvalue weighted by Crippen LogP contribution is -2.11. The molecule has 29 heavy (non-hydrogen) atoms. The second-order valence-electron chi connectivity index (χ2n) is 7.26. The van der Waals surface area contributed by atoms with Gasteiger partial charge in [0, 0.05) is 29.7 Å². The van der Waals surface area contributed by atoms with E-state index >= 15 is 0 Å². The van der Waals surface area contributed by atoms with Crippen molar-refractivity contribution in [1.29, 1.82) is 0 Å². The monoisotopic (exact) mass is 405 g/mol. The SMILES string of the molecule is O=C1Cc2cc(-n3c([C@H]4CCOC4)cc4ccc(C(F)(F)F)nc43)cc(F)c2N1. The van der Waals surface area contributed by atoms with Gasteiger partial charge in [-0.15, -0.1) is 0 Å². The zero-order valence-corrected chi connectivity index (χ0v) is 15.0. The third-order valence-corrected chi connectivity index (χ3v) is 5.35. The molecule has 2 aliphatic heterocycles. The number of nitrogens with zero attached hydrogens (tertiary/aromatic N) is 2. The molecule has 1 fully saturated rings. The van der Waals surface area contributed by atoms with Gasteiger partial charge < -0.3 is 10.1 Å². The first-order chi connectivity index (χ1) is 13.8. The number of fused-ring (bicyclic) bond motifs is 2. The van der Waals surface area contributed by atoms with Gasteiger partial charge in [0.25, 0.3) is 0 Å². The molecule has 2 aliphatic rings. The van der Waals surface area contributed by atoms with Gasteiger partial charge in [0.1, 0.15) is 17.2 Å². The minimum absolute atomic E-state index is 0.0163. The molecule has 0 bridgehead atoms. The minimum Gasteiger partial charge on any atom is -0.381 e. The first kappa shape index (κ1) is 18.1. The van der Waals surface area contributed by atoms with E-state index in [4.69, 9.17) is 4.74 Å². The molecule has 1 saturated heterocycles. The van der Waals surface area contributed by atoms with Gasteiger partial charge in [-0.1, -0.05) is 0 Å². The highest BCUT2D eigenvalue weighted by Crippen LogP contribution is 2.37. The van der Waals surface area contributed by atoms with E-state index in [-0.39, 0.29) is 29.6 Å². The van der Waals surface area contributed by atoms with Crippen LogP contribution in [0.4, 0.5) is 23.2 Å². The van der Waals surface area contributed by atoms with Crippen molar-refractivity contribution >= 4 is 22.6 Å². The van der Waals surface area contributed by atoms with E-state index in [0.29, 0.717) is 42.0 Å². The Kier molecular flexibility index (Phi) is 3.92. The maximum atomic E-state index is 14.6. The Morgan fingerprint density at radius 2 is 2.03 bits per heavy atom. The molecule has 150 valence electrons. The minimum atomic E-state index is -4.60. The number of hydrogen-bond donors (Lipinski definition) is 1. The summed E-state index contributed by atoms with van der Waals surface area (Å²) in [5, 5.41) is 2.99. The number of halogens is 4. The first-order valence-corrected chi connectivity index (χ1v) is 9.11. The van der Waals surface area contributed by atoms with E-state index in [0.717, 1.165) is 6.07 Å². The smallest absolute Gasteiger partial charge is 0.381 e. The molecule has 1 N–H and O–H groups in total. The highest BCUT2D eigenvalue weighted by Gasteiger charge is 2.34. The van der Waals surface area contributed by atoms with Crippen molar-refractivity contribution < 1.29 is 27.1 Å². The number of benzene rings is 1. The molecule has 9 heteroatoms. The number of alkyl halides is 3. The fourth-order valence-electron chi connectivity index (χ4n) is 4.01. The average molecular weight is 405 g/mol. The first-order valence-electron chi connectivity index (χ1n) is 9.11. The lowest BCUT2D eigenvalue weighted by molar-refractivity contribution is -0.141. The number of rotatable bonds is 2. The van der Waals surface area contributed by atoms with Gasteiger partial charge in [0.15, 0.2) is 0 Å². The predicted octanol–water partition coefficient (Wildman–Crippen LogP) is 4.18. The van der Waals surface area contributed by atoms with Crippen molar-refractivity contribution in [3.63, 3.8) is 0 Å². The Balaban J connectivity index is 1.76. The zero-order valence-electron chi connectivity index (χ0n) is 15.0. The van der Waals surface area contributed by atoms with Crippen LogP contribution in [0.15, 0.2) is 30.3 Å². The van der Waals surface area contributed by atoms with E-state index in [1.54, 1.807) is 16.7 Å². The Hall–Kier alpha value is -2.94. The van der Waals surface area contributed by atoms with Crippen LogP contribution >= 0.6 is 0 Å². The second-order valence-corrected chi connectivity index (χ2v) is 7.26. The summed E-state index contributed by atoms with van der Waals surface area (Å²) < 4.78 is 61.4. The maximum Gasteiger partial charge on any atom is 0.433 e. The molecule has 0 unspecified atom stereocenters. The normalized spacial score (nSPS) is 19.0. The summed E-state index contributed by atoms with van der Waals surface area (Å²) in [6.45, 7) is 0.973. The van der Waals surface area contributed by atoms with Gasteiger partial charge in [-0.2, -0.15) is 13.2 Å². The molecule has 1 atom stereocenters. The number of carbonyl (C=O) groups is 1. The van der Waals surface area contributed by atoms with Crippen molar-refractivity contribution in [3.8, 4) is 5.69 Å². The Morgan fingerprint density at radius 1 is 1.21 bits per heavy atom. The molecule has 3 aromatic rings. The van der Waals surface area contributed by atoms with Crippen molar-refractivity contribution in [3.05, 3.63) is 53.1 Å². The molecular weight excluding hydrogens is 390 g/mol. The van der Waals surface area contributed by atoms with Gasteiger partial charge in [0.2, 0.25) is 5.91 Å². The average Bonchev–Trinajstić information content (AvgIpc) is 3.37.